The Labute approximate surface area is 185 Å². The average Bonchev–Trinajstić information content (AvgIpc) is 3.45. The number of Topliss-reactive ketones (excluding diaryl/α,β-unsaturated/α-hetero) is 1. The molecule has 4 rings (SSSR count). The van der Waals surface area contributed by atoms with E-state index in [2.05, 4.69) is 32.7 Å². The zero-order valence-electron chi connectivity index (χ0n) is 14.1. The Hall–Kier alpha value is -0.921. The molecule has 2 fully saturated rings. The molecule has 0 aliphatic heterocycles. The van der Waals surface area contributed by atoms with Crippen LogP contribution in [-0.2, 0) is 21.9 Å². The Kier molecular flexibility index (Phi) is 9.79. The van der Waals surface area contributed by atoms with Gasteiger partial charge in [-0.3, -0.25) is 4.79 Å². The first-order valence-corrected chi connectivity index (χ1v) is 9.01. The van der Waals surface area contributed by atoms with Gasteiger partial charge in [-0.1, -0.05) is 0 Å². The van der Waals surface area contributed by atoms with Crippen LogP contribution in [0.25, 0.3) is 0 Å². The summed E-state index contributed by atoms with van der Waals surface area (Å²) in [6.07, 6.45) is 19.1. The van der Waals surface area contributed by atoms with Crippen LogP contribution in [0, 0.1) is 67.3 Å². The van der Waals surface area contributed by atoms with E-state index in [4.69, 9.17) is 4.74 Å². The van der Waals surface area contributed by atoms with Gasteiger partial charge in [-0.25, -0.2) is 9.67 Å². The van der Waals surface area contributed by atoms with Gasteiger partial charge in [-0.15, -0.1) is 0 Å². The van der Waals surface area contributed by atoms with Crippen molar-refractivity contribution in [2.75, 3.05) is 0 Å². The molecule has 2 saturated carbocycles. The first-order valence-electron chi connectivity index (χ1n) is 7.93. The molecular weight excluding hydrogens is 497 g/mol. The van der Waals surface area contributed by atoms with E-state index in [0.717, 1.165) is 3.57 Å². The van der Waals surface area contributed by atoms with Crippen molar-refractivity contribution >= 4 is 28.4 Å². The van der Waals surface area contributed by atoms with Gasteiger partial charge in [-0.2, -0.15) is 5.10 Å². The minimum atomic E-state index is -0.866. The van der Waals surface area contributed by atoms with Crippen LogP contribution >= 0.6 is 22.6 Å². The van der Waals surface area contributed by atoms with Crippen LogP contribution in [0.4, 0.5) is 0 Å². The van der Waals surface area contributed by atoms with Gasteiger partial charge in [-0.05, 0) is 105 Å². The molecule has 2 aliphatic rings. The number of hydrogen-bond acceptors (Lipinski definition) is 4. The third-order valence-corrected chi connectivity index (χ3v) is 4.18. The second-order valence-electron chi connectivity index (χ2n) is 5.30. The minimum absolute atomic E-state index is 0. The largest absolute Gasteiger partial charge is 2.00 e. The predicted octanol–water partition coefficient (Wildman–Crippen LogP) is 3.45. The number of rotatable bonds is 5. The summed E-state index contributed by atoms with van der Waals surface area (Å²) in [6.45, 7) is 0. The summed E-state index contributed by atoms with van der Waals surface area (Å²) < 4.78 is 8.31. The normalized spacial score (nSPS) is 17.5. The summed E-state index contributed by atoms with van der Waals surface area (Å²) in [5, 5.41) is 4.02. The average molecular weight is 513 g/mol. The third kappa shape index (κ3) is 6.88. The maximum atomic E-state index is 12.6. The molecule has 1 unspecified atom stereocenters. The Morgan fingerprint density at radius 2 is 1.56 bits per heavy atom. The zero-order chi connectivity index (χ0) is 18.2. The second-order valence-corrected chi connectivity index (χ2v) is 6.55. The Balaban J connectivity index is 0.000000379. The fraction of sp³-hybridized carbons (Fsp3) is 0.0500. The topological polar surface area (TPSA) is 57.0 Å². The van der Waals surface area contributed by atoms with Crippen molar-refractivity contribution in [3.05, 3.63) is 104 Å². The molecule has 5 nitrogen and oxygen atoms in total. The van der Waals surface area contributed by atoms with Gasteiger partial charge in [0.05, 0.1) is 5.92 Å². The van der Waals surface area contributed by atoms with Crippen molar-refractivity contribution in [3.8, 4) is 5.75 Å². The second kappa shape index (κ2) is 11.8. The number of nitrogens with zero attached hydrogens (tertiary/aromatic N) is 3. The maximum Gasteiger partial charge on any atom is 2.00 e. The minimum Gasteiger partial charge on any atom is -0.461 e. The van der Waals surface area contributed by atoms with Crippen molar-refractivity contribution in [1.29, 1.82) is 0 Å². The van der Waals surface area contributed by atoms with Gasteiger partial charge in [0.15, 0.2) is 0 Å². The van der Waals surface area contributed by atoms with Crippen LogP contribution in [0.1, 0.15) is 6.23 Å². The summed E-state index contributed by atoms with van der Waals surface area (Å²) >= 11 is 2.21. The molecule has 7 heteroatoms. The van der Waals surface area contributed by atoms with Crippen LogP contribution in [0.3, 0.4) is 0 Å². The molecule has 0 bridgehead atoms. The van der Waals surface area contributed by atoms with Crippen LogP contribution in [-0.4, -0.2) is 20.5 Å². The molecule has 27 heavy (non-hydrogen) atoms. The molecule has 136 valence electrons. The van der Waals surface area contributed by atoms with Crippen LogP contribution in [0.5, 0.6) is 5.75 Å². The van der Waals surface area contributed by atoms with E-state index in [-0.39, 0.29) is 22.9 Å². The fourth-order valence-electron chi connectivity index (χ4n) is 2.21. The number of ketones is 1. The molecule has 1 aromatic heterocycles. The van der Waals surface area contributed by atoms with Crippen molar-refractivity contribution in [2.45, 2.75) is 6.23 Å². The molecule has 2 aromatic rings. The molecule has 1 heterocycles. The van der Waals surface area contributed by atoms with Gasteiger partial charge < -0.3 is 4.74 Å². The number of carbonyl (C=O) groups excluding carboxylic acids is 1. The van der Waals surface area contributed by atoms with Gasteiger partial charge >= 0.3 is 17.1 Å². The third-order valence-electron chi connectivity index (χ3n) is 3.47. The Morgan fingerprint density at radius 3 is 2.07 bits per heavy atom. The summed E-state index contributed by atoms with van der Waals surface area (Å²) in [5.74, 6) is 1.03. The molecule has 2 aliphatic carbocycles. The molecule has 0 spiro atoms. The number of carbonyl (C=O) groups is 1. The maximum absolute atomic E-state index is 12.6. The summed E-state index contributed by atoms with van der Waals surface area (Å²) in [4.78, 5) is 16.4. The number of ether oxygens (including phenoxy) is 1. The van der Waals surface area contributed by atoms with E-state index in [1.807, 2.05) is 69.2 Å². The predicted molar refractivity (Wildman–Crippen MR) is 106 cm³/mol. The van der Waals surface area contributed by atoms with Gasteiger partial charge in [0.25, 0.3) is 6.23 Å². The number of benzene rings is 1. The van der Waals surface area contributed by atoms with E-state index >= 15 is 0 Å². The summed E-state index contributed by atoms with van der Waals surface area (Å²) in [7, 11) is 0. The molecule has 0 N–H and O–H groups in total. The first-order chi connectivity index (χ1) is 12.7. The molecule has 1 atom stereocenters. The van der Waals surface area contributed by atoms with Crippen molar-refractivity contribution in [1.82, 2.24) is 14.8 Å². The van der Waals surface area contributed by atoms with Crippen molar-refractivity contribution in [2.24, 2.45) is 0 Å². The van der Waals surface area contributed by atoms with E-state index < -0.39 is 6.23 Å². The van der Waals surface area contributed by atoms with Crippen molar-refractivity contribution < 1.29 is 26.6 Å². The smallest absolute Gasteiger partial charge is 0.461 e. The van der Waals surface area contributed by atoms with Crippen LogP contribution in [0.15, 0.2) is 36.9 Å². The molecular formula is C20H16FeIN3O2+2. The number of aromatic nitrogens is 3. The van der Waals surface area contributed by atoms with E-state index in [1.54, 1.807) is 12.8 Å². The first kappa shape index (κ1) is 22.4. The standard InChI is InChI=1S/C15H11IN3O2.C5H5.Fe/c16-12-5-7-13(8-6-12)21-15(19-10-17-9-18-19)14(20)11-3-1-2-4-11;1-2-4-5-3-1;/h1-10,15H;1-5H;/q;;+2. The molecule has 0 saturated heterocycles. The van der Waals surface area contributed by atoms with Crippen LogP contribution < -0.4 is 4.74 Å². The molecule has 10 radical (unpaired) electrons. The van der Waals surface area contributed by atoms with Gasteiger partial charge in [0, 0.05) is 3.57 Å². The van der Waals surface area contributed by atoms with E-state index in [1.165, 1.54) is 17.3 Å². The number of hydrogen-bond donors (Lipinski definition) is 0. The Bertz CT molecular complexity index is 661. The Morgan fingerprint density at radius 1 is 0.963 bits per heavy atom. The van der Waals surface area contributed by atoms with E-state index in [0.29, 0.717) is 11.7 Å². The monoisotopic (exact) mass is 513 g/mol. The van der Waals surface area contributed by atoms with Gasteiger partial charge in [0.1, 0.15) is 18.4 Å². The summed E-state index contributed by atoms with van der Waals surface area (Å²) in [5.41, 5.74) is 0. The van der Waals surface area contributed by atoms with Crippen molar-refractivity contribution in [3.63, 3.8) is 0 Å². The SMILES string of the molecule is O=C([C]1[CH][CH][CH][CH]1)C(Oc1ccc(I)cc1)n1cncn1.[CH]1[CH][CH][CH][CH]1.[Fe+2]. The molecule has 0 amide bonds. The van der Waals surface area contributed by atoms with E-state index in [9.17, 15) is 4.79 Å². The molecule has 1 aromatic carbocycles. The quantitative estimate of drug-likeness (QED) is 0.455. The van der Waals surface area contributed by atoms with Crippen LogP contribution in [0.2, 0.25) is 0 Å². The van der Waals surface area contributed by atoms with Gasteiger partial charge in [0.2, 0.25) is 5.78 Å². The number of halogens is 1. The fourth-order valence-corrected chi connectivity index (χ4v) is 2.57. The summed E-state index contributed by atoms with van der Waals surface area (Å²) in [6, 6.07) is 7.48. The zero-order valence-corrected chi connectivity index (χ0v) is 17.4.